The first-order valence-corrected chi connectivity index (χ1v) is 8.97. The van der Waals surface area contributed by atoms with Crippen LogP contribution < -0.4 is 10.6 Å². The number of nitrogens with one attached hydrogen (secondary N) is 2. The molecule has 1 atom stereocenters. The summed E-state index contributed by atoms with van der Waals surface area (Å²) >= 11 is 0. The second-order valence-electron chi connectivity index (χ2n) is 7.01. The number of nitrogens with zero attached hydrogens (tertiary/aromatic N) is 3. The highest BCUT2D eigenvalue weighted by molar-refractivity contribution is 6.10. The van der Waals surface area contributed by atoms with Crippen LogP contribution in [0.5, 0.6) is 0 Å². The van der Waals surface area contributed by atoms with Crippen molar-refractivity contribution in [3.8, 4) is 0 Å². The average molecular weight is 427 g/mol. The molecule has 160 valence electrons. The predicted octanol–water partition coefficient (Wildman–Crippen LogP) is 2.22. The third kappa shape index (κ3) is 3.90. The lowest BCUT2D eigenvalue weighted by Crippen LogP contribution is -2.42. The molecule has 0 aromatic heterocycles. The van der Waals surface area contributed by atoms with E-state index >= 15 is 0 Å². The van der Waals surface area contributed by atoms with E-state index in [1.54, 1.807) is 0 Å². The molecule has 0 saturated carbocycles. The highest BCUT2D eigenvalue weighted by Gasteiger charge is 2.49. The number of amides is 4. The van der Waals surface area contributed by atoms with Gasteiger partial charge in [-0.25, -0.2) is 4.79 Å². The molecule has 1 aliphatic heterocycles. The van der Waals surface area contributed by atoms with Crippen LogP contribution in [0.15, 0.2) is 42.5 Å². The molecule has 2 N–H and O–H groups in total. The molecule has 1 heterocycles. The van der Waals surface area contributed by atoms with E-state index in [-0.39, 0.29) is 28.2 Å². The smallest absolute Gasteiger partial charge is 0.324 e. The Kier molecular flexibility index (Phi) is 5.39. The molecular formula is C19H17N5O7. The van der Waals surface area contributed by atoms with Gasteiger partial charge in [0.25, 0.3) is 17.3 Å². The Morgan fingerprint density at radius 2 is 1.81 bits per heavy atom. The fraction of sp³-hybridized carbons (Fsp3) is 0.211. The van der Waals surface area contributed by atoms with Crippen molar-refractivity contribution in [2.45, 2.75) is 19.4 Å². The number of carbonyl (C=O) groups excluding carboxylic acids is 3. The molecule has 1 aliphatic rings. The van der Waals surface area contributed by atoms with Crippen molar-refractivity contribution in [2.75, 3.05) is 11.9 Å². The van der Waals surface area contributed by atoms with Crippen molar-refractivity contribution >= 4 is 34.9 Å². The Balaban J connectivity index is 1.80. The quantitative estimate of drug-likeness (QED) is 0.405. The van der Waals surface area contributed by atoms with Crippen LogP contribution in [0.25, 0.3) is 0 Å². The number of rotatable bonds is 6. The minimum absolute atomic E-state index is 0.174. The molecule has 1 saturated heterocycles. The van der Waals surface area contributed by atoms with Crippen molar-refractivity contribution in [3.63, 3.8) is 0 Å². The normalized spacial score (nSPS) is 17.9. The fourth-order valence-corrected chi connectivity index (χ4v) is 3.26. The molecule has 12 nitrogen and oxygen atoms in total. The van der Waals surface area contributed by atoms with E-state index in [4.69, 9.17) is 0 Å². The Morgan fingerprint density at radius 3 is 2.45 bits per heavy atom. The third-order valence-electron chi connectivity index (χ3n) is 4.99. The van der Waals surface area contributed by atoms with E-state index in [0.717, 1.165) is 0 Å². The van der Waals surface area contributed by atoms with E-state index < -0.39 is 39.8 Å². The van der Waals surface area contributed by atoms with Crippen LogP contribution in [0, 0.1) is 27.2 Å². The zero-order valence-corrected chi connectivity index (χ0v) is 16.4. The summed E-state index contributed by atoms with van der Waals surface area (Å²) in [6, 6.07) is 8.57. The molecule has 1 fully saturated rings. The molecular weight excluding hydrogens is 410 g/mol. The number of carbonyl (C=O) groups is 3. The van der Waals surface area contributed by atoms with E-state index in [1.165, 1.54) is 56.3 Å². The second kappa shape index (κ2) is 7.82. The van der Waals surface area contributed by atoms with Crippen LogP contribution in [0.2, 0.25) is 0 Å². The number of imide groups is 1. The maximum atomic E-state index is 12.9. The molecule has 12 heteroatoms. The van der Waals surface area contributed by atoms with Gasteiger partial charge in [-0.3, -0.25) is 34.7 Å². The Labute approximate surface area is 175 Å². The highest BCUT2D eigenvalue weighted by Crippen LogP contribution is 2.31. The van der Waals surface area contributed by atoms with Gasteiger partial charge in [0, 0.05) is 18.2 Å². The first kappa shape index (κ1) is 21.4. The lowest BCUT2D eigenvalue weighted by atomic mass is 9.91. The number of hydrogen-bond donors (Lipinski definition) is 2. The standard InChI is InChI=1S/C19H17N5O7/c1-11-14(7-4-8-15(11)24(30)31)20-16(25)10-22-17(26)19(2,21-18(22)27)12-5-3-6-13(9-12)23(28)29/h3-9H,10H2,1-2H3,(H,20,25)(H,21,27). The van der Waals surface area contributed by atoms with Gasteiger partial charge < -0.3 is 10.6 Å². The second-order valence-corrected chi connectivity index (χ2v) is 7.01. The summed E-state index contributed by atoms with van der Waals surface area (Å²) < 4.78 is 0. The average Bonchev–Trinajstić information content (AvgIpc) is 2.93. The number of urea groups is 1. The van der Waals surface area contributed by atoms with Crippen molar-refractivity contribution in [1.82, 2.24) is 10.2 Å². The molecule has 31 heavy (non-hydrogen) atoms. The number of nitro groups is 2. The van der Waals surface area contributed by atoms with Crippen molar-refractivity contribution < 1.29 is 24.2 Å². The van der Waals surface area contributed by atoms with Gasteiger partial charge in [-0.1, -0.05) is 18.2 Å². The van der Waals surface area contributed by atoms with Gasteiger partial charge in [-0.15, -0.1) is 0 Å². The van der Waals surface area contributed by atoms with Gasteiger partial charge >= 0.3 is 6.03 Å². The largest absolute Gasteiger partial charge is 0.325 e. The number of nitro benzene ring substituents is 2. The lowest BCUT2D eigenvalue weighted by molar-refractivity contribution is -0.385. The van der Waals surface area contributed by atoms with Crippen LogP contribution in [0.3, 0.4) is 0 Å². The molecule has 0 bridgehead atoms. The van der Waals surface area contributed by atoms with Gasteiger partial charge in [0.15, 0.2) is 0 Å². The van der Waals surface area contributed by atoms with E-state index in [1.807, 2.05) is 0 Å². The van der Waals surface area contributed by atoms with Gasteiger partial charge in [0.1, 0.15) is 12.1 Å². The zero-order valence-electron chi connectivity index (χ0n) is 16.4. The molecule has 0 radical (unpaired) electrons. The van der Waals surface area contributed by atoms with Gasteiger partial charge in [-0.2, -0.15) is 0 Å². The lowest BCUT2D eigenvalue weighted by Gasteiger charge is -2.22. The van der Waals surface area contributed by atoms with Crippen LogP contribution in [-0.4, -0.2) is 39.1 Å². The Hall–Kier alpha value is -4.35. The van der Waals surface area contributed by atoms with Crippen LogP contribution >= 0.6 is 0 Å². The summed E-state index contributed by atoms with van der Waals surface area (Å²) in [6.07, 6.45) is 0. The summed E-state index contributed by atoms with van der Waals surface area (Å²) in [6.45, 7) is 2.20. The molecule has 4 amide bonds. The van der Waals surface area contributed by atoms with Crippen LogP contribution in [-0.2, 0) is 15.1 Å². The topological polar surface area (TPSA) is 165 Å². The predicted molar refractivity (Wildman–Crippen MR) is 107 cm³/mol. The summed E-state index contributed by atoms with van der Waals surface area (Å²) in [5, 5.41) is 27.0. The van der Waals surface area contributed by atoms with E-state index in [9.17, 15) is 34.6 Å². The summed E-state index contributed by atoms with van der Waals surface area (Å²) in [4.78, 5) is 59.3. The molecule has 2 aromatic rings. The zero-order chi connectivity index (χ0) is 22.9. The maximum absolute atomic E-state index is 12.9. The Morgan fingerprint density at radius 1 is 1.13 bits per heavy atom. The minimum Gasteiger partial charge on any atom is -0.324 e. The molecule has 0 spiro atoms. The molecule has 1 unspecified atom stereocenters. The number of hydrogen-bond acceptors (Lipinski definition) is 7. The minimum atomic E-state index is -1.59. The fourth-order valence-electron chi connectivity index (χ4n) is 3.26. The third-order valence-corrected chi connectivity index (χ3v) is 4.99. The Bertz CT molecular complexity index is 1130. The molecule has 3 rings (SSSR count). The maximum Gasteiger partial charge on any atom is 0.325 e. The number of anilines is 1. The van der Waals surface area contributed by atoms with Gasteiger partial charge in [0.05, 0.1) is 21.1 Å². The van der Waals surface area contributed by atoms with E-state index in [0.29, 0.717) is 4.90 Å². The van der Waals surface area contributed by atoms with Gasteiger partial charge in [0.2, 0.25) is 5.91 Å². The number of benzene rings is 2. The molecule has 0 aliphatic carbocycles. The first-order chi connectivity index (χ1) is 14.5. The summed E-state index contributed by atoms with van der Waals surface area (Å²) in [5.41, 5.74) is -1.45. The van der Waals surface area contributed by atoms with Crippen molar-refractivity contribution in [3.05, 3.63) is 73.8 Å². The monoisotopic (exact) mass is 427 g/mol. The van der Waals surface area contributed by atoms with Gasteiger partial charge in [-0.05, 0) is 25.5 Å². The first-order valence-electron chi connectivity index (χ1n) is 8.97. The van der Waals surface area contributed by atoms with Crippen molar-refractivity contribution in [1.29, 1.82) is 0 Å². The summed E-state index contributed by atoms with van der Waals surface area (Å²) in [5.74, 6) is -1.50. The highest BCUT2D eigenvalue weighted by atomic mass is 16.6. The van der Waals surface area contributed by atoms with Crippen LogP contribution in [0.1, 0.15) is 18.1 Å². The van der Waals surface area contributed by atoms with Crippen molar-refractivity contribution in [2.24, 2.45) is 0 Å². The van der Waals surface area contributed by atoms with E-state index in [2.05, 4.69) is 10.6 Å². The SMILES string of the molecule is Cc1c(NC(=O)CN2C(=O)NC(C)(c3cccc([N+](=O)[O-])c3)C2=O)cccc1[N+](=O)[O-]. The molecule has 2 aromatic carbocycles. The summed E-state index contributed by atoms with van der Waals surface area (Å²) in [7, 11) is 0. The van der Waals surface area contributed by atoms with Crippen LogP contribution in [0.4, 0.5) is 21.9 Å². The number of non-ortho nitro benzene ring substituents is 1.